The first-order valence-electron chi connectivity index (χ1n) is 9.64. The highest BCUT2D eigenvalue weighted by atomic mass is 17.5. The summed E-state index contributed by atoms with van der Waals surface area (Å²) in [6.45, 7) is 8.56. The number of aryl methyl sites for hydroxylation is 1. The largest absolute Gasteiger partial charge is 0.543 e. The third-order valence-corrected chi connectivity index (χ3v) is 4.83. The molecule has 0 aromatic heterocycles. The van der Waals surface area contributed by atoms with E-state index in [4.69, 9.17) is 4.74 Å². The number of hydrogen-bond donors (Lipinski definition) is 0. The zero-order chi connectivity index (χ0) is 19.9. The van der Waals surface area contributed by atoms with Crippen LogP contribution in [0.2, 0.25) is 0 Å². The molecule has 1 fully saturated rings. The van der Waals surface area contributed by atoms with Gasteiger partial charge >= 0.3 is 12.1 Å². The van der Waals surface area contributed by atoms with Crippen molar-refractivity contribution in [1.29, 1.82) is 0 Å². The number of benzene rings is 1. The maximum Gasteiger partial charge on any atom is 0.543 e. The number of carbonyl (C=O) groups excluding carboxylic acids is 2. The first-order chi connectivity index (χ1) is 12.8. The Bertz CT molecular complexity index is 622. The van der Waals surface area contributed by atoms with Crippen LogP contribution >= 0.6 is 0 Å². The lowest BCUT2D eigenvalue weighted by Crippen LogP contribution is -2.34. The molecule has 1 aromatic rings. The molecular formula is C21H30O6. The molecule has 1 saturated carbocycles. The zero-order valence-electron chi connectivity index (χ0n) is 16.7. The van der Waals surface area contributed by atoms with E-state index < -0.39 is 12.1 Å². The molecular weight excluding hydrogens is 348 g/mol. The Balaban J connectivity index is 1.72. The minimum Gasteiger partial charge on any atom is -0.429 e. The van der Waals surface area contributed by atoms with E-state index in [-0.39, 0.29) is 11.5 Å². The fraction of sp³-hybridized carbons (Fsp3) is 0.619. The van der Waals surface area contributed by atoms with Gasteiger partial charge in [0.15, 0.2) is 0 Å². The summed E-state index contributed by atoms with van der Waals surface area (Å²) in [5, 5.41) is 4.30. The van der Waals surface area contributed by atoms with Gasteiger partial charge in [0.1, 0.15) is 6.10 Å². The van der Waals surface area contributed by atoms with Crippen LogP contribution in [0.3, 0.4) is 0 Å². The minimum atomic E-state index is -1.01. The molecule has 2 rings (SSSR count). The van der Waals surface area contributed by atoms with Gasteiger partial charge in [-0.3, -0.25) is 4.89 Å². The van der Waals surface area contributed by atoms with E-state index in [1.165, 1.54) is 0 Å². The van der Waals surface area contributed by atoms with Crippen LogP contribution in [0, 0.1) is 11.3 Å². The van der Waals surface area contributed by atoms with Crippen molar-refractivity contribution >= 4 is 12.1 Å². The molecule has 6 heteroatoms. The van der Waals surface area contributed by atoms with Gasteiger partial charge in [0.05, 0.1) is 10.6 Å². The van der Waals surface area contributed by atoms with Gasteiger partial charge in [-0.2, -0.15) is 0 Å². The molecule has 0 radical (unpaired) electrons. The molecule has 1 aliphatic carbocycles. The summed E-state index contributed by atoms with van der Waals surface area (Å²) >= 11 is 0. The Kier molecular flexibility index (Phi) is 7.66. The second kappa shape index (κ2) is 9.74. The summed E-state index contributed by atoms with van der Waals surface area (Å²) in [5.41, 5.74) is 1.58. The number of ether oxygens (including phenoxy) is 1. The number of hydrogen-bond acceptors (Lipinski definition) is 6. The Morgan fingerprint density at radius 2 is 1.81 bits per heavy atom. The maximum atomic E-state index is 11.9. The highest BCUT2D eigenvalue weighted by molar-refractivity contribution is 5.88. The highest BCUT2D eigenvalue weighted by Crippen LogP contribution is 2.39. The van der Waals surface area contributed by atoms with Gasteiger partial charge < -0.3 is 4.74 Å². The van der Waals surface area contributed by atoms with E-state index in [1.54, 1.807) is 12.1 Å². The molecule has 2 unspecified atom stereocenters. The summed E-state index contributed by atoms with van der Waals surface area (Å²) in [6.07, 6.45) is 4.57. The number of unbranched alkanes of at least 4 members (excludes halogenated alkanes) is 1. The average Bonchev–Trinajstić information content (AvgIpc) is 2.58. The smallest absolute Gasteiger partial charge is 0.429 e. The molecule has 0 heterocycles. The number of rotatable bonds is 7. The zero-order valence-corrected chi connectivity index (χ0v) is 16.7. The van der Waals surface area contributed by atoms with Gasteiger partial charge in [0, 0.05) is 0 Å². The summed E-state index contributed by atoms with van der Waals surface area (Å²) in [4.78, 5) is 32.5. The molecule has 2 atom stereocenters. The van der Waals surface area contributed by atoms with Gasteiger partial charge in [0.2, 0.25) is 0 Å². The second-order valence-electron chi connectivity index (χ2n) is 8.23. The van der Waals surface area contributed by atoms with Crippen LogP contribution in [0.4, 0.5) is 4.79 Å². The van der Waals surface area contributed by atoms with E-state index in [1.807, 2.05) is 12.1 Å². The molecule has 0 saturated heterocycles. The molecule has 6 nitrogen and oxygen atoms in total. The molecule has 0 spiro atoms. The SMILES string of the molecule is CCCCc1ccc(C(=O)OOOC(=O)OC2CC(C)CC(C)(C)C2)cc1. The summed E-state index contributed by atoms with van der Waals surface area (Å²) in [5.74, 6) is -0.275. The summed E-state index contributed by atoms with van der Waals surface area (Å²) in [6, 6.07) is 7.04. The Morgan fingerprint density at radius 3 is 2.44 bits per heavy atom. The third kappa shape index (κ3) is 7.21. The van der Waals surface area contributed by atoms with Gasteiger partial charge in [-0.15, -0.1) is 0 Å². The van der Waals surface area contributed by atoms with Crippen LogP contribution in [-0.4, -0.2) is 18.2 Å². The maximum absolute atomic E-state index is 11.9. The molecule has 27 heavy (non-hydrogen) atoms. The van der Waals surface area contributed by atoms with Crippen molar-refractivity contribution < 1.29 is 29.1 Å². The summed E-state index contributed by atoms with van der Waals surface area (Å²) < 4.78 is 5.26. The first-order valence-corrected chi connectivity index (χ1v) is 9.64. The topological polar surface area (TPSA) is 71.1 Å². The van der Waals surface area contributed by atoms with E-state index in [0.29, 0.717) is 11.5 Å². The molecule has 1 aromatic carbocycles. The Morgan fingerprint density at radius 1 is 1.11 bits per heavy atom. The fourth-order valence-electron chi connectivity index (χ4n) is 3.82. The van der Waals surface area contributed by atoms with E-state index >= 15 is 0 Å². The molecule has 0 aliphatic heterocycles. The van der Waals surface area contributed by atoms with Crippen molar-refractivity contribution in [3.63, 3.8) is 0 Å². The Labute approximate surface area is 161 Å². The van der Waals surface area contributed by atoms with Crippen molar-refractivity contribution in [2.45, 2.75) is 72.3 Å². The number of carbonyl (C=O) groups is 2. The van der Waals surface area contributed by atoms with E-state index in [2.05, 4.69) is 42.5 Å². The van der Waals surface area contributed by atoms with Crippen LogP contribution in [0.1, 0.15) is 75.7 Å². The molecule has 1 aliphatic rings. The summed E-state index contributed by atoms with van der Waals surface area (Å²) in [7, 11) is 0. The van der Waals surface area contributed by atoms with Crippen molar-refractivity contribution in [3.8, 4) is 0 Å². The third-order valence-electron chi connectivity index (χ3n) is 4.83. The first kappa shape index (κ1) is 21.2. The molecule has 0 bridgehead atoms. The lowest BCUT2D eigenvalue weighted by Gasteiger charge is -2.37. The quantitative estimate of drug-likeness (QED) is 0.359. The normalized spacial score (nSPS) is 21.3. The van der Waals surface area contributed by atoms with Crippen molar-refractivity contribution in [2.75, 3.05) is 0 Å². The average molecular weight is 378 g/mol. The van der Waals surface area contributed by atoms with Crippen molar-refractivity contribution in [2.24, 2.45) is 11.3 Å². The monoisotopic (exact) mass is 378 g/mol. The van der Waals surface area contributed by atoms with Crippen LogP contribution in [0.15, 0.2) is 24.3 Å². The van der Waals surface area contributed by atoms with Crippen molar-refractivity contribution in [3.05, 3.63) is 35.4 Å². The van der Waals surface area contributed by atoms with Crippen LogP contribution in [0.5, 0.6) is 0 Å². The second-order valence-corrected chi connectivity index (χ2v) is 8.23. The van der Waals surface area contributed by atoms with Gasteiger partial charge in [0.25, 0.3) is 0 Å². The van der Waals surface area contributed by atoms with Crippen LogP contribution in [0.25, 0.3) is 0 Å². The minimum absolute atomic E-state index is 0.110. The van der Waals surface area contributed by atoms with E-state index in [9.17, 15) is 9.59 Å². The molecule has 150 valence electrons. The molecule has 0 N–H and O–H groups in total. The van der Waals surface area contributed by atoms with E-state index in [0.717, 1.165) is 44.1 Å². The lowest BCUT2D eigenvalue weighted by molar-refractivity contribution is -0.453. The predicted octanol–water partition coefficient (Wildman–Crippen LogP) is 5.40. The highest BCUT2D eigenvalue weighted by Gasteiger charge is 2.34. The lowest BCUT2D eigenvalue weighted by atomic mass is 9.71. The van der Waals surface area contributed by atoms with Gasteiger partial charge in [-0.25, -0.2) is 14.5 Å². The predicted molar refractivity (Wildman–Crippen MR) is 99.7 cm³/mol. The van der Waals surface area contributed by atoms with Crippen LogP contribution < -0.4 is 0 Å². The Hall–Kier alpha value is -2.08. The fourth-order valence-corrected chi connectivity index (χ4v) is 3.82. The van der Waals surface area contributed by atoms with Gasteiger partial charge in [-0.1, -0.05) is 46.2 Å². The molecule has 0 amide bonds. The van der Waals surface area contributed by atoms with Crippen LogP contribution in [-0.2, 0) is 26.0 Å². The standard InChI is InChI=1S/C21H30O6/c1-5-6-7-16-8-10-17(11-9-16)19(22)25-27-26-20(23)24-18-12-15(2)13-21(3,4)14-18/h8-11,15,18H,5-7,12-14H2,1-4H3. The van der Waals surface area contributed by atoms with Crippen molar-refractivity contribution in [1.82, 2.24) is 0 Å². The van der Waals surface area contributed by atoms with Gasteiger partial charge in [-0.05, 0) is 61.1 Å².